The van der Waals surface area contributed by atoms with Gasteiger partial charge in [0.05, 0.1) is 12.1 Å². The Bertz CT molecular complexity index is 597. The highest BCUT2D eigenvalue weighted by atomic mass is 16.6. The van der Waals surface area contributed by atoms with Gasteiger partial charge < -0.3 is 14.7 Å². The van der Waals surface area contributed by atoms with Gasteiger partial charge in [0.2, 0.25) is 0 Å². The van der Waals surface area contributed by atoms with Crippen LogP contribution in [-0.2, 0) is 17.7 Å². The van der Waals surface area contributed by atoms with Crippen LogP contribution in [0.15, 0.2) is 24.3 Å². The molecule has 1 saturated heterocycles. The number of rotatable bonds is 1. The zero-order valence-electron chi connectivity index (χ0n) is 14.9. The molecule has 1 unspecified atom stereocenters. The van der Waals surface area contributed by atoms with E-state index in [1.807, 2.05) is 20.8 Å². The van der Waals surface area contributed by atoms with E-state index in [9.17, 15) is 9.90 Å². The maximum absolute atomic E-state index is 12.4. The van der Waals surface area contributed by atoms with E-state index in [2.05, 4.69) is 29.2 Å². The Kier molecular flexibility index (Phi) is 4.83. The fourth-order valence-corrected chi connectivity index (χ4v) is 3.57. The molecule has 0 saturated carbocycles. The summed E-state index contributed by atoms with van der Waals surface area (Å²) >= 11 is 0. The number of likely N-dealkylation sites (tertiary alicyclic amines) is 1. The minimum atomic E-state index is -0.493. The number of aliphatic hydroxyl groups excluding tert-OH is 1. The fraction of sp³-hybridized carbons (Fsp3) is 0.632. The molecule has 5 heteroatoms. The molecule has 1 N–H and O–H groups in total. The van der Waals surface area contributed by atoms with E-state index in [-0.39, 0.29) is 12.1 Å². The molecule has 132 valence electrons. The molecule has 5 nitrogen and oxygen atoms in total. The van der Waals surface area contributed by atoms with Crippen molar-refractivity contribution in [2.45, 2.75) is 57.9 Å². The second kappa shape index (κ2) is 6.73. The monoisotopic (exact) mass is 332 g/mol. The Labute approximate surface area is 144 Å². The molecule has 0 spiro atoms. The molecule has 24 heavy (non-hydrogen) atoms. The predicted octanol–water partition coefficient (Wildman–Crippen LogP) is 2.42. The Morgan fingerprint density at radius 1 is 1.21 bits per heavy atom. The third-order valence-corrected chi connectivity index (χ3v) is 4.83. The second-order valence-electron chi connectivity index (χ2n) is 7.84. The molecule has 0 aromatic heterocycles. The first-order chi connectivity index (χ1) is 11.3. The van der Waals surface area contributed by atoms with Crippen molar-refractivity contribution in [3.05, 3.63) is 35.4 Å². The molecule has 2 aliphatic heterocycles. The van der Waals surface area contributed by atoms with Gasteiger partial charge in [-0.3, -0.25) is 4.90 Å². The number of hydrogen-bond acceptors (Lipinski definition) is 4. The lowest BCUT2D eigenvalue weighted by Gasteiger charge is -2.43. The number of fused-ring (bicyclic) bond motifs is 1. The van der Waals surface area contributed by atoms with Crippen LogP contribution < -0.4 is 0 Å². The van der Waals surface area contributed by atoms with Crippen LogP contribution in [0.3, 0.4) is 0 Å². The van der Waals surface area contributed by atoms with Crippen LogP contribution in [0, 0.1) is 0 Å². The van der Waals surface area contributed by atoms with Crippen molar-refractivity contribution < 1.29 is 14.6 Å². The molecule has 1 fully saturated rings. The lowest BCUT2D eigenvalue weighted by Crippen LogP contribution is -2.57. The minimum absolute atomic E-state index is 0.0281. The van der Waals surface area contributed by atoms with Crippen molar-refractivity contribution >= 4 is 6.09 Å². The maximum atomic E-state index is 12.4. The maximum Gasteiger partial charge on any atom is 0.410 e. The van der Waals surface area contributed by atoms with Crippen LogP contribution in [0.25, 0.3) is 0 Å². The van der Waals surface area contributed by atoms with E-state index in [1.54, 1.807) is 4.90 Å². The van der Waals surface area contributed by atoms with Crippen molar-refractivity contribution in [3.63, 3.8) is 0 Å². The van der Waals surface area contributed by atoms with Gasteiger partial charge in [0.1, 0.15) is 5.60 Å². The van der Waals surface area contributed by atoms with Gasteiger partial charge in [-0.25, -0.2) is 4.79 Å². The third-order valence-electron chi connectivity index (χ3n) is 4.83. The molecular formula is C19H28N2O3. The summed E-state index contributed by atoms with van der Waals surface area (Å²) < 4.78 is 5.49. The van der Waals surface area contributed by atoms with Gasteiger partial charge in [-0.15, -0.1) is 0 Å². The summed E-state index contributed by atoms with van der Waals surface area (Å²) in [4.78, 5) is 16.4. The van der Waals surface area contributed by atoms with E-state index in [0.29, 0.717) is 19.5 Å². The molecule has 0 bridgehead atoms. The van der Waals surface area contributed by atoms with Crippen LogP contribution in [0.5, 0.6) is 0 Å². The molecule has 2 heterocycles. The van der Waals surface area contributed by atoms with E-state index >= 15 is 0 Å². The number of aliphatic hydroxyl groups is 1. The van der Waals surface area contributed by atoms with Crippen LogP contribution in [-0.4, -0.2) is 58.4 Å². The number of amides is 1. The van der Waals surface area contributed by atoms with E-state index in [4.69, 9.17) is 4.74 Å². The molecule has 3 rings (SSSR count). The van der Waals surface area contributed by atoms with Crippen molar-refractivity contribution in [2.75, 3.05) is 19.6 Å². The van der Waals surface area contributed by atoms with E-state index in [1.165, 1.54) is 11.1 Å². The summed E-state index contributed by atoms with van der Waals surface area (Å²) in [6.07, 6.45) is 0.916. The van der Waals surface area contributed by atoms with Crippen LogP contribution >= 0.6 is 0 Å². The summed E-state index contributed by atoms with van der Waals surface area (Å²) in [5, 5.41) is 10.5. The minimum Gasteiger partial charge on any atom is -0.444 e. The zero-order chi connectivity index (χ0) is 17.3. The van der Waals surface area contributed by atoms with Gasteiger partial charge in [-0.05, 0) is 44.7 Å². The molecular weight excluding hydrogens is 304 g/mol. The van der Waals surface area contributed by atoms with Crippen molar-refractivity contribution in [3.8, 4) is 0 Å². The number of carbonyl (C=O) groups excluding carboxylic acids is 1. The highest BCUT2D eigenvalue weighted by molar-refractivity contribution is 5.68. The molecule has 0 aliphatic carbocycles. The molecule has 2 aliphatic rings. The van der Waals surface area contributed by atoms with Crippen molar-refractivity contribution in [1.82, 2.24) is 9.80 Å². The van der Waals surface area contributed by atoms with Gasteiger partial charge in [0, 0.05) is 26.2 Å². The Balaban J connectivity index is 1.68. The number of nitrogens with zero attached hydrogens (tertiary/aromatic N) is 2. The highest BCUT2D eigenvalue weighted by Gasteiger charge is 2.36. The number of benzene rings is 1. The van der Waals surface area contributed by atoms with Crippen LogP contribution in [0.4, 0.5) is 4.79 Å². The summed E-state index contributed by atoms with van der Waals surface area (Å²) in [5.74, 6) is 0. The number of carbonyl (C=O) groups is 1. The van der Waals surface area contributed by atoms with Gasteiger partial charge in [-0.2, -0.15) is 0 Å². The van der Waals surface area contributed by atoms with Gasteiger partial charge in [0.25, 0.3) is 0 Å². The normalized spacial score (nSPS) is 25.2. The third kappa shape index (κ3) is 3.90. The van der Waals surface area contributed by atoms with Crippen LogP contribution in [0.2, 0.25) is 0 Å². The first-order valence-electron chi connectivity index (χ1n) is 8.80. The number of ether oxygens (including phenoxy) is 1. The van der Waals surface area contributed by atoms with Gasteiger partial charge in [-0.1, -0.05) is 24.3 Å². The topological polar surface area (TPSA) is 53.0 Å². The summed E-state index contributed by atoms with van der Waals surface area (Å²) in [5.41, 5.74) is 2.22. The van der Waals surface area contributed by atoms with Gasteiger partial charge >= 0.3 is 6.09 Å². The van der Waals surface area contributed by atoms with Crippen molar-refractivity contribution in [2.24, 2.45) is 0 Å². The summed E-state index contributed by atoms with van der Waals surface area (Å²) in [6.45, 7) is 8.46. The standard InChI is InChI=1S/C19H28N2O3/c1-19(2,3)24-18(23)21-11-9-17(22)16(13-21)20-10-8-14-6-4-5-7-15(14)12-20/h4-7,16-17,22H,8-13H2,1-3H3/t16?,17-/m0/s1. The average molecular weight is 332 g/mol. The molecule has 1 aromatic rings. The Morgan fingerprint density at radius 3 is 2.62 bits per heavy atom. The lowest BCUT2D eigenvalue weighted by atomic mass is 9.94. The SMILES string of the molecule is CC(C)(C)OC(=O)N1CC[C@H](O)C(N2CCc3ccccc3C2)C1. The lowest BCUT2D eigenvalue weighted by molar-refractivity contribution is -0.0307. The van der Waals surface area contributed by atoms with Crippen molar-refractivity contribution in [1.29, 1.82) is 0 Å². The van der Waals surface area contributed by atoms with E-state index < -0.39 is 11.7 Å². The Hall–Kier alpha value is -1.59. The molecule has 0 radical (unpaired) electrons. The number of piperidine rings is 1. The highest BCUT2D eigenvalue weighted by Crippen LogP contribution is 2.25. The molecule has 1 amide bonds. The molecule has 1 aromatic carbocycles. The van der Waals surface area contributed by atoms with Crippen LogP contribution in [0.1, 0.15) is 38.3 Å². The first kappa shape index (κ1) is 17.2. The zero-order valence-corrected chi connectivity index (χ0v) is 14.9. The second-order valence-corrected chi connectivity index (χ2v) is 7.84. The Morgan fingerprint density at radius 2 is 1.92 bits per heavy atom. The van der Waals surface area contributed by atoms with Gasteiger partial charge in [0.15, 0.2) is 0 Å². The fourth-order valence-electron chi connectivity index (χ4n) is 3.57. The summed E-state index contributed by atoms with van der Waals surface area (Å²) in [6, 6.07) is 8.44. The quantitative estimate of drug-likeness (QED) is 0.858. The predicted molar refractivity (Wildman–Crippen MR) is 92.8 cm³/mol. The van der Waals surface area contributed by atoms with E-state index in [0.717, 1.165) is 19.5 Å². The molecule has 2 atom stereocenters. The smallest absolute Gasteiger partial charge is 0.410 e. The number of hydrogen-bond donors (Lipinski definition) is 1. The average Bonchev–Trinajstić information content (AvgIpc) is 2.53. The summed E-state index contributed by atoms with van der Waals surface area (Å²) in [7, 11) is 0. The first-order valence-corrected chi connectivity index (χ1v) is 8.80. The largest absolute Gasteiger partial charge is 0.444 e.